The predicted octanol–water partition coefficient (Wildman–Crippen LogP) is 3.40. The first kappa shape index (κ1) is 12.0. The molecule has 0 aliphatic heterocycles. The van der Waals surface area contributed by atoms with Gasteiger partial charge in [0.05, 0.1) is 0 Å². The molecular weight excluding hydrogens is 182 g/mol. The third kappa shape index (κ3) is 3.88. The van der Waals surface area contributed by atoms with Crippen molar-refractivity contribution in [3.63, 3.8) is 0 Å². The van der Waals surface area contributed by atoms with Gasteiger partial charge in [0.2, 0.25) is 0 Å². The zero-order valence-corrected chi connectivity index (χ0v) is 10.0. The van der Waals surface area contributed by atoms with Gasteiger partial charge in [0.15, 0.2) is 0 Å². The normalized spacial score (nSPS) is 11.8. The van der Waals surface area contributed by atoms with E-state index in [9.17, 15) is 0 Å². The Labute approximate surface area is 93.2 Å². The van der Waals surface area contributed by atoms with Crippen LogP contribution in [0.4, 0.5) is 0 Å². The first-order chi connectivity index (χ1) is 7.25. The molecule has 0 amide bonds. The second kappa shape index (κ2) is 6.41. The highest BCUT2D eigenvalue weighted by atomic mass is 14.8. The summed E-state index contributed by atoms with van der Waals surface area (Å²) in [5.41, 5.74) is 4.11. The van der Waals surface area contributed by atoms with E-state index in [1.54, 1.807) is 0 Å². The van der Waals surface area contributed by atoms with Gasteiger partial charge in [-0.25, -0.2) is 0 Å². The zero-order valence-electron chi connectivity index (χ0n) is 10.0. The Morgan fingerprint density at radius 3 is 2.73 bits per heavy atom. The molecule has 1 aromatic carbocycles. The van der Waals surface area contributed by atoms with E-state index in [0.29, 0.717) is 0 Å². The SMILES string of the molecule is CCNCCC=C(C)c1ccccc1C. The van der Waals surface area contributed by atoms with Gasteiger partial charge in [-0.1, -0.05) is 37.3 Å². The number of nitrogens with one attached hydrogen (secondary N) is 1. The molecule has 0 aromatic heterocycles. The topological polar surface area (TPSA) is 12.0 Å². The molecule has 0 spiro atoms. The fourth-order valence-corrected chi connectivity index (χ4v) is 1.69. The van der Waals surface area contributed by atoms with Crippen LogP contribution in [-0.4, -0.2) is 13.1 Å². The summed E-state index contributed by atoms with van der Waals surface area (Å²) < 4.78 is 0. The van der Waals surface area contributed by atoms with E-state index in [4.69, 9.17) is 0 Å². The van der Waals surface area contributed by atoms with Crippen LogP contribution in [0.25, 0.3) is 5.57 Å². The number of allylic oxidation sites excluding steroid dienone is 1. The molecule has 0 unspecified atom stereocenters. The van der Waals surface area contributed by atoms with E-state index in [-0.39, 0.29) is 0 Å². The third-order valence-electron chi connectivity index (χ3n) is 2.59. The summed E-state index contributed by atoms with van der Waals surface area (Å²) in [5.74, 6) is 0. The van der Waals surface area contributed by atoms with Gasteiger partial charge in [-0.2, -0.15) is 0 Å². The molecule has 0 heterocycles. The largest absolute Gasteiger partial charge is 0.317 e. The van der Waals surface area contributed by atoms with Crippen molar-refractivity contribution in [2.24, 2.45) is 0 Å². The summed E-state index contributed by atoms with van der Waals surface area (Å²) in [6, 6.07) is 8.54. The number of aryl methyl sites for hydroxylation is 1. The number of hydrogen-bond acceptors (Lipinski definition) is 1. The molecule has 15 heavy (non-hydrogen) atoms. The minimum absolute atomic E-state index is 1.05. The smallest absolute Gasteiger partial charge is 0.00142 e. The summed E-state index contributed by atoms with van der Waals surface area (Å²) in [7, 11) is 0. The van der Waals surface area contributed by atoms with Crippen LogP contribution < -0.4 is 5.32 Å². The van der Waals surface area contributed by atoms with Crippen LogP contribution in [0.15, 0.2) is 30.3 Å². The maximum absolute atomic E-state index is 3.33. The molecule has 0 atom stereocenters. The van der Waals surface area contributed by atoms with Crippen LogP contribution in [0.2, 0.25) is 0 Å². The summed E-state index contributed by atoms with van der Waals surface area (Å²) in [4.78, 5) is 0. The molecule has 1 nitrogen and oxygen atoms in total. The predicted molar refractivity (Wildman–Crippen MR) is 68.0 cm³/mol. The molecule has 1 rings (SSSR count). The zero-order chi connectivity index (χ0) is 11.1. The average molecular weight is 203 g/mol. The van der Waals surface area contributed by atoms with Crippen molar-refractivity contribution in [1.82, 2.24) is 5.32 Å². The van der Waals surface area contributed by atoms with E-state index in [1.807, 2.05) is 0 Å². The van der Waals surface area contributed by atoms with Crippen LogP contribution in [0.5, 0.6) is 0 Å². The molecule has 1 N–H and O–H groups in total. The standard InChI is InChI=1S/C14H21N/c1-4-15-11-7-9-13(3)14-10-6-5-8-12(14)2/h5-6,8-10,15H,4,7,11H2,1-3H3. The lowest BCUT2D eigenvalue weighted by molar-refractivity contribution is 0.727. The fourth-order valence-electron chi connectivity index (χ4n) is 1.69. The molecule has 0 fully saturated rings. The maximum Gasteiger partial charge on any atom is -0.00142 e. The Bertz CT molecular complexity index is 326. The van der Waals surface area contributed by atoms with Gasteiger partial charge in [0.1, 0.15) is 0 Å². The summed E-state index contributed by atoms with van der Waals surface area (Å²) in [6.07, 6.45) is 3.42. The molecule has 0 saturated heterocycles. The van der Waals surface area contributed by atoms with E-state index in [2.05, 4.69) is 56.4 Å². The monoisotopic (exact) mass is 203 g/mol. The van der Waals surface area contributed by atoms with Crippen molar-refractivity contribution in [3.05, 3.63) is 41.5 Å². The van der Waals surface area contributed by atoms with Crippen molar-refractivity contribution in [2.75, 3.05) is 13.1 Å². The molecule has 1 aromatic rings. The Kier molecular flexibility index (Phi) is 5.13. The van der Waals surface area contributed by atoms with Gasteiger partial charge in [-0.3, -0.25) is 0 Å². The van der Waals surface area contributed by atoms with Crippen LogP contribution in [-0.2, 0) is 0 Å². The van der Waals surface area contributed by atoms with Crippen LogP contribution in [0.1, 0.15) is 31.4 Å². The maximum atomic E-state index is 3.33. The van der Waals surface area contributed by atoms with Gasteiger partial charge in [-0.05, 0) is 50.1 Å². The fraction of sp³-hybridized carbons (Fsp3) is 0.429. The first-order valence-electron chi connectivity index (χ1n) is 5.69. The molecule has 82 valence electrons. The molecule has 0 aliphatic rings. The second-order valence-corrected chi connectivity index (χ2v) is 3.84. The Morgan fingerprint density at radius 1 is 1.33 bits per heavy atom. The van der Waals surface area contributed by atoms with E-state index in [1.165, 1.54) is 16.7 Å². The summed E-state index contributed by atoms with van der Waals surface area (Å²) in [5, 5.41) is 3.33. The number of benzene rings is 1. The number of hydrogen-bond donors (Lipinski definition) is 1. The minimum atomic E-state index is 1.05. The van der Waals surface area contributed by atoms with Gasteiger partial charge in [0, 0.05) is 0 Å². The Balaban J connectivity index is 2.60. The van der Waals surface area contributed by atoms with Gasteiger partial charge < -0.3 is 5.32 Å². The first-order valence-corrected chi connectivity index (χ1v) is 5.69. The Hall–Kier alpha value is -1.08. The highest BCUT2D eigenvalue weighted by Gasteiger charge is 1.97. The highest BCUT2D eigenvalue weighted by molar-refractivity contribution is 5.66. The highest BCUT2D eigenvalue weighted by Crippen LogP contribution is 2.17. The van der Waals surface area contributed by atoms with Crippen molar-refractivity contribution >= 4 is 5.57 Å². The Morgan fingerprint density at radius 2 is 2.07 bits per heavy atom. The lowest BCUT2D eigenvalue weighted by Crippen LogP contribution is -2.13. The van der Waals surface area contributed by atoms with Crippen molar-refractivity contribution in [3.8, 4) is 0 Å². The van der Waals surface area contributed by atoms with Gasteiger partial charge >= 0.3 is 0 Å². The molecule has 0 bridgehead atoms. The van der Waals surface area contributed by atoms with E-state index >= 15 is 0 Å². The molecule has 0 aliphatic carbocycles. The molecule has 0 saturated carbocycles. The molecular formula is C14H21N. The lowest BCUT2D eigenvalue weighted by atomic mass is 10.0. The molecule has 1 heteroatoms. The average Bonchev–Trinajstić information content (AvgIpc) is 2.25. The van der Waals surface area contributed by atoms with Crippen LogP contribution in [0.3, 0.4) is 0 Å². The second-order valence-electron chi connectivity index (χ2n) is 3.84. The molecule has 0 radical (unpaired) electrons. The van der Waals surface area contributed by atoms with Crippen molar-refractivity contribution < 1.29 is 0 Å². The lowest BCUT2D eigenvalue weighted by Gasteiger charge is -2.06. The van der Waals surface area contributed by atoms with Crippen LogP contribution >= 0.6 is 0 Å². The minimum Gasteiger partial charge on any atom is -0.317 e. The van der Waals surface area contributed by atoms with Gasteiger partial charge in [0.25, 0.3) is 0 Å². The number of rotatable bonds is 5. The van der Waals surface area contributed by atoms with E-state index < -0.39 is 0 Å². The summed E-state index contributed by atoms with van der Waals surface area (Å²) in [6.45, 7) is 8.61. The van der Waals surface area contributed by atoms with Gasteiger partial charge in [-0.15, -0.1) is 0 Å². The van der Waals surface area contributed by atoms with Crippen molar-refractivity contribution in [2.45, 2.75) is 27.2 Å². The summed E-state index contributed by atoms with van der Waals surface area (Å²) >= 11 is 0. The van der Waals surface area contributed by atoms with E-state index in [0.717, 1.165) is 19.5 Å². The third-order valence-corrected chi connectivity index (χ3v) is 2.59. The van der Waals surface area contributed by atoms with Crippen LogP contribution in [0, 0.1) is 6.92 Å². The quantitative estimate of drug-likeness (QED) is 0.723. The van der Waals surface area contributed by atoms with Crippen molar-refractivity contribution in [1.29, 1.82) is 0 Å².